The largest absolute Gasteiger partial charge is 0.493 e. The van der Waals surface area contributed by atoms with E-state index in [0.29, 0.717) is 45.8 Å². The van der Waals surface area contributed by atoms with Gasteiger partial charge < -0.3 is 19.5 Å². The van der Waals surface area contributed by atoms with Crippen molar-refractivity contribution in [1.82, 2.24) is 16.2 Å². The highest BCUT2D eigenvalue weighted by Crippen LogP contribution is 2.39. The fourth-order valence-corrected chi connectivity index (χ4v) is 3.84. The van der Waals surface area contributed by atoms with Gasteiger partial charge >= 0.3 is 0 Å². The molecule has 0 bridgehead atoms. The smallest absolute Gasteiger partial charge is 0.242 e. The van der Waals surface area contributed by atoms with Gasteiger partial charge in [0.25, 0.3) is 0 Å². The number of methoxy groups -OCH3 is 3. The van der Waals surface area contributed by atoms with Gasteiger partial charge in [-0.2, -0.15) is 0 Å². The molecule has 0 unspecified atom stereocenters. The van der Waals surface area contributed by atoms with Crippen LogP contribution in [-0.4, -0.2) is 38.4 Å². The van der Waals surface area contributed by atoms with Crippen LogP contribution in [0.25, 0.3) is 0 Å². The lowest BCUT2D eigenvalue weighted by molar-refractivity contribution is -0.121. The maximum Gasteiger partial charge on any atom is 0.242 e. The molecule has 1 amide bonds. The Kier molecular flexibility index (Phi) is 8.17. The Labute approximate surface area is 172 Å². The highest BCUT2D eigenvalue weighted by molar-refractivity contribution is 7.80. The molecule has 1 aromatic carbocycles. The summed E-state index contributed by atoms with van der Waals surface area (Å²) in [5.74, 6) is 2.45. The summed E-state index contributed by atoms with van der Waals surface area (Å²) in [5, 5.41) is 3.75. The monoisotopic (exact) mass is 409 g/mol. The van der Waals surface area contributed by atoms with Crippen molar-refractivity contribution in [1.29, 1.82) is 0 Å². The second kappa shape index (κ2) is 10.4. The standard InChI is InChI=1S/C20H31N3O4S/c1-12-7-6-8-15(13(12)2)21-20(28)23-22-17(24)11-14-9-10-16(25-3)19(27-5)18(14)26-4/h9-10,12-13,15H,6-8,11H2,1-5H3,(H,22,24)(H2,21,23,28)/t12-,13-,15-/m1/s1. The predicted molar refractivity (Wildman–Crippen MR) is 113 cm³/mol. The van der Waals surface area contributed by atoms with Crippen molar-refractivity contribution in [3.05, 3.63) is 17.7 Å². The van der Waals surface area contributed by atoms with Crippen LogP contribution in [0.2, 0.25) is 0 Å². The van der Waals surface area contributed by atoms with Crippen LogP contribution in [0.4, 0.5) is 0 Å². The first-order chi connectivity index (χ1) is 13.4. The van der Waals surface area contributed by atoms with E-state index in [1.807, 2.05) is 0 Å². The Balaban J connectivity index is 1.91. The van der Waals surface area contributed by atoms with Crippen molar-refractivity contribution in [2.75, 3.05) is 21.3 Å². The predicted octanol–water partition coefficient (Wildman–Crippen LogP) is 2.57. The van der Waals surface area contributed by atoms with Gasteiger partial charge in [0.15, 0.2) is 16.6 Å². The van der Waals surface area contributed by atoms with Crippen LogP contribution in [-0.2, 0) is 11.2 Å². The summed E-state index contributed by atoms with van der Waals surface area (Å²) in [5.41, 5.74) is 6.13. The van der Waals surface area contributed by atoms with Crippen molar-refractivity contribution in [3.8, 4) is 17.2 Å². The summed E-state index contributed by atoms with van der Waals surface area (Å²) in [6.07, 6.45) is 3.64. The summed E-state index contributed by atoms with van der Waals surface area (Å²) >= 11 is 5.33. The Hall–Kier alpha value is -2.22. The molecule has 28 heavy (non-hydrogen) atoms. The van der Waals surface area contributed by atoms with Crippen molar-refractivity contribution < 1.29 is 19.0 Å². The van der Waals surface area contributed by atoms with E-state index in [2.05, 4.69) is 30.0 Å². The molecule has 1 fully saturated rings. The fourth-order valence-electron chi connectivity index (χ4n) is 3.64. The number of hydrogen-bond acceptors (Lipinski definition) is 5. The van der Waals surface area contributed by atoms with E-state index in [-0.39, 0.29) is 12.3 Å². The van der Waals surface area contributed by atoms with E-state index >= 15 is 0 Å². The first-order valence-corrected chi connectivity index (χ1v) is 9.95. The number of amides is 1. The lowest BCUT2D eigenvalue weighted by atomic mass is 9.78. The Morgan fingerprint density at radius 3 is 2.43 bits per heavy atom. The molecule has 156 valence electrons. The minimum absolute atomic E-state index is 0.107. The van der Waals surface area contributed by atoms with Crippen LogP contribution in [0.15, 0.2) is 12.1 Å². The normalized spacial score (nSPS) is 21.4. The number of thiocarbonyl (C=S) groups is 1. The third kappa shape index (κ3) is 5.41. The molecular formula is C20H31N3O4S. The van der Waals surface area contributed by atoms with Crippen molar-refractivity contribution in [2.24, 2.45) is 11.8 Å². The summed E-state index contributed by atoms with van der Waals surface area (Å²) in [6, 6.07) is 3.85. The van der Waals surface area contributed by atoms with Crippen LogP contribution >= 0.6 is 12.2 Å². The first-order valence-electron chi connectivity index (χ1n) is 9.54. The zero-order valence-electron chi connectivity index (χ0n) is 17.3. The number of hydrazine groups is 1. The number of benzene rings is 1. The molecule has 2 rings (SSSR count). The van der Waals surface area contributed by atoms with Crippen LogP contribution in [0.3, 0.4) is 0 Å². The SMILES string of the molecule is COc1ccc(CC(=O)NNC(=S)N[C@@H]2CCC[C@@H](C)[C@H]2C)c(OC)c1OC. The second-order valence-electron chi connectivity index (χ2n) is 7.19. The van der Waals surface area contributed by atoms with Crippen LogP contribution in [0, 0.1) is 11.8 Å². The van der Waals surface area contributed by atoms with Gasteiger partial charge in [0.1, 0.15) is 0 Å². The van der Waals surface area contributed by atoms with Crippen LogP contribution < -0.4 is 30.4 Å². The van der Waals surface area contributed by atoms with Gasteiger partial charge in [-0.25, -0.2) is 0 Å². The van der Waals surface area contributed by atoms with Gasteiger partial charge in [0.2, 0.25) is 11.7 Å². The van der Waals surface area contributed by atoms with Crippen molar-refractivity contribution in [2.45, 2.75) is 45.6 Å². The molecule has 0 aliphatic heterocycles. The van der Waals surface area contributed by atoms with Gasteiger partial charge in [0, 0.05) is 11.6 Å². The van der Waals surface area contributed by atoms with Gasteiger partial charge in [0.05, 0.1) is 27.8 Å². The summed E-state index contributed by atoms with van der Waals surface area (Å²) in [6.45, 7) is 4.51. The zero-order valence-corrected chi connectivity index (χ0v) is 18.1. The second-order valence-corrected chi connectivity index (χ2v) is 7.60. The Morgan fingerprint density at radius 2 is 1.79 bits per heavy atom. The molecule has 1 aliphatic rings. The third-order valence-electron chi connectivity index (χ3n) is 5.48. The minimum Gasteiger partial charge on any atom is -0.493 e. The molecule has 3 N–H and O–H groups in total. The van der Waals surface area contributed by atoms with E-state index in [4.69, 9.17) is 26.4 Å². The topological polar surface area (TPSA) is 80.9 Å². The minimum atomic E-state index is -0.236. The first kappa shape index (κ1) is 22.1. The number of rotatable bonds is 6. The molecular weight excluding hydrogens is 378 g/mol. The Bertz CT molecular complexity index is 698. The quantitative estimate of drug-likeness (QED) is 0.492. The van der Waals surface area contributed by atoms with Crippen molar-refractivity contribution >= 4 is 23.2 Å². The maximum absolute atomic E-state index is 12.4. The number of nitrogens with one attached hydrogen (secondary N) is 3. The average Bonchev–Trinajstić information content (AvgIpc) is 2.69. The van der Waals surface area contributed by atoms with E-state index in [9.17, 15) is 4.79 Å². The average molecular weight is 410 g/mol. The molecule has 8 heteroatoms. The molecule has 0 spiro atoms. The van der Waals surface area contributed by atoms with Gasteiger partial charge in [-0.3, -0.25) is 15.6 Å². The number of ether oxygens (including phenoxy) is 3. The molecule has 3 atom stereocenters. The van der Waals surface area contributed by atoms with Crippen LogP contribution in [0.1, 0.15) is 38.7 Å². The van der Waals surface area contributed by atoms with E-state index < -0.39 is 0 Å². The zero-order chi connectivity index (χ0) is 20.7. The van der Waals surface area contributed by atoms with E-state index in [1.54, 1.807) is 19.2 Å². The molecule has 0 radical (unpaired) electrons. The lowest BCUT2D eigenvalue weighted by Crippen LogP contribution is -2.52. The maximum atomic E-state index is 12.4. The number of carbonyl (C=O) groups is 1. The Morgan fingerprint density at radius 1 is 1.07 bits per heavy atom. The highest BCUT2D eigenvalue weighted by Gasteiger charge is 2.27. The fraction of sp³-hybridized carbons (Fsp3) is 0.600. The molecule has 7 nitrogen and oxygen atoms in total. The third-order valence-corrected chi connectivity index (χ3v) is 5.70. The molecule has 0 aromatic heterocycles. The van der Waals surface area contributed by atoms with E-state index in [1.165, 1.54) is 27.1 Å². The number of hydrogen-bond donors (Lipinski definition) is 3. The van der Waals surface area contributed by atoms with Crippen molar-refractivity contribution in [3.63, 3.8) is 0 Å². The van der Waals surface area contributed by atoms with E-state index in [0.717, 1.165) is 6.42 Å². The summed E-state index contributed by atoms with van der Waals surface area (Å²) in [7, 11) is 4.61. The summed E-state index contributed by atoms with van der Waals surface area (Å²) < 4.78 is 16.0. The van der Waals surface area contributed by atoms with Gasteiger partial charge in [-0.1, -0.05) is 32.8 Å². The van der Waals surface area contributed by atoms with Crippen LogP contribution in [0.5, 0.6) is 17.2 Å². The molecule has 0 heterocycles. The molecule has 1 aliphatic carbocycles. The molecule has 1 saturated carbocycles. The van der Waals surface area contributed by atoms with Gasteiger partial charge in [-0.15, -0.1) is 0 Å². The summed E-state index contributed by atoms with van der Waals surface area (Å²) in [4.78, 5) is 12.4. The van der Waals surface area contributed by atoms with Gasteiger partial charge in [-0.05, 0) is 36.5 Å². The highest BCUT2D eigenvalue weighted by atomic mass is 32.1. The lowest BCUT2D eigenvalue weighted by Gasteiger charge is -2.35. The molecule has 1 aromatic rings. The number of carbonyl (C=O) groups excluding carboxylic acids is 1. The molecule has 0 saturated heterocycles.